The van der Waals surface area contributed by atoms with E-state index >= 15 is 0 Å². The lowest BCUT2D eigenvalue weighted by Gasteiger charge is -2.29. The molecular weight excluding hydrogens is 558 g/mol. The number of furan rings is 1. The lowest BCUT2D eigenvalue weighted by molar-refractivity contribution is 0.660. The molecule has 9 rings (SSSR count). The Kier molecular flexibility index (Phi) is 5.48. The van der Waals surface area contributed by atoms with Gasteiger partial charge >= 0.3 is 0 Å². The molecule has 2 aliphatic carbocycles. The van der Waals surface area contributed by atoms with E-state index in [0.29, 0.717) is 0 Å². The van der Waals surface area contributed by atoms with Gasteiger partial charge in [-0.25, -0.2) is 0 Å². The Morgan fingerprint density at radius 2 is 0.957 bits per heavy atom. The van der Waals surface area contributed by atoms with Crippen LogP contribution in [0.15, 0.2) is 132 Å². The topological polar surface area (TPSA) is 16.4 Å². The van der Waals surface area contributed by atoms with Gasteiger partial charge in [-0.15, -0.1) is 0 Å². The van der Waals surface area contributed by atoms with E-state index in [2.05, 4.69) is 161 Å². The lowest BCUT2D eigenvalue weighted by Crippen LogP contribution is -2.18. The number of anilines is 3. The van der Waals surface area contributed by atoms with E-state index in [4.69, 9.17) is 4.42 Å². The second-order valence-electron chi connectivity index (χ2n) is 13.9. The van der Waals surface area contributed by atoms with Crippen LogP contribution in [0.1, 0.15) is 55.5 Å². The first-order valence-corrected chi connectivity index (χ1v) is 16.1. The van der Waals surface area contributed by atoms with E-state index in [-0.39, 0.29) is 10.8 Å². The van der Waals surface area contributed by atoms with Gasteiger partial charge in [0, 0.05) is 44.7 Å². The molecule has 0 fully saturated rings. The molecule has 1 heterocycles. The van der Waals surface area contributed by atoms with Crippen molar-refractivity contribution >= 4 is 45.1 Å². The normalized spacial score (nSPS) is 15.0. The van der Waals surface area contributed by atoms with Crippen LogP contribution >= 0.6 is 0 Å². The van der Waals surface area contributed by atoms with Gasteiger partial charge in [0.25, 0.3) is 0 Å². The molecule has 2 nitrogen and oxygen atoms in total. The first-order chi connectivity index (χ1) is 22.3. The Morgan fingerprint density at radius 1 is 0.500 bits per heavy atom. The highest BCUT2D eigenvalue weighted by Gasteiger charge is 2.37. The van der Waals surface area contributed by atoms with E-state index in [1.54, 1.807) is 0 Å². The van der Waals surface area contributed by atoms with E-state index < -0.39 is 0 Å². The van der Waals surface area contributed by atoms with Crippen molar-refractivity contribution in [2.75, 3.05) is 4.90 Å². The summed E-state index contributed by atoms with van der Waals surface area (Å²) in [6.45, 7) is 13.3. The van der Waals surface area contributed by atoms with Crippen molar-refractivity contribution in [2.24, 2.45) is 0 Å². The standard InChI is InChI=1S/C44H35NO/c1-6-27-15-19-35-36-22-18-30(26-42(36)46-41(35)23-27)45(28-16-20-33-31-11-7-9-13-37(31)43(2,3)39(33)24-28)29-17-21-34-32-12-8-10-14-38(32)44(4,5)40(34)25-29/h6-26H,1H2,2-5H3. The molecule has 0 saturated carbocycles. The number of hydrogen-bond donors (Lipinski definition) is 0. The lowest BCUT2D eigenvalue weighted by atomic mass is 9.82. The SMILES string of the molecule is C=Cc1ccc2c(c1)oc1cc(N(c3ccc4c(c3)C(C)(C)c3ccccc3-4)c3ccc4c(c3)C(C)(C)c3ccccc3-4)ccc12. The van der Waals surface area contributed by atoms with Crippen LogP contribution in [0.25, 0.3) is 50.3 Å². The molecule has 1 aromatic heterocycles. The van der Waals surface area contributed by atoms with E-state index in [0.717, 1.165) is 44.6 Å². The molecule has 0 N–H and O–H groups in total. The third kappa shape index (κ3) is 3.64. The Labute approximate surface area is 270 Å². The molecule has 0 bridgehead atoms. The highest BCUT2D eigenvalue weighted by molar-refractivity contribution is 6.06. The quantitative estimate of drug-likeness (QED) is 0.202. The highest BCUT2D eigenvalue weighted by atomic mass is 16.3. The molecule has 2 aliphatic rings. The van der Waals surface area contributed by atoms with Crippen LogP contribution in [0.3, 0.4) is 0 Å². The van der Waals surface area contributed by atoms with Crippen LogP contribution < -0.4 is 4.90 Å². The molecule has 0 unspecified atom stereocenters. The van der Waals surface area contributed by atoms with E-state index in [1.165, 1.54) is 44.5 Å². The zero-order chi connectivity index (χ0) is 31.4. The first-order valence-electron chi connectivity index (χ1n) is 16.1. The molecule has 0 amide bonds. The molecule has 0 saturated heterocycles. The Hall–Kier alpha value is -5.34. The predicted molar refractivity (Wildman–Crippen MR) is 194 cm³/mol. The van der Waals surface area contributed by atoms with E-state index in [1.807, 2.05) is 6.08 Å². The third-order valence-corrected chi connectivity index (χ3v) is 10.6. The summed E-state index contributed by atoms with van der Waals surface area (Å²) in [5.74, 6) is 0. The highest BCUT2D eigenvalue weighted by Crippen LogP contribution is 2.53. The number of fused-ring (bicyclic) bond motifs is 9. The molecule has 0 spiro atoms. The molecule has 0 aliphatic heterocycles. The predicted octanol–water partition coefficient (Wildman–Crippen LogP) is 12.3. The molecule has 222 valence electrons. The maximum absolute atomic E-state index is 6.48. The minimum Gasteiger partial charge on any atom is -0.456 e. The summed E-state index contributed by atoms with van der Waals surface area (Å²) in [5, 5.41) is 2.23. The van der Waals surface area contributed by atoms with Crippen LogP contribution in [-0.2, 0) is 10.8 Å². The van der Waals surface area contributed by atoms with Gasteiger partial charge < -0.3 is 9.32 Å². The minimum absolute atomic E-state index is 0.0965. The van der Waals surface area contributed by atoms with Crippen LogP contribution in [0.2, 0.25) is 0 Å². The first kappa shape index (κ1) is 27.0. The Morgan fingerprint density at radius 3 is 1.52 bits per heavy atom. The molecule has 46 heavy (non-hydrogen) atoms. The molecule has 2 heteroatoms. The van der Waals surface area contributed by atoms with Gasteiger partial charge in [0.1, 0.15) is 11.2 Å². The van der Waals surface area contributed by atoms with Crippen molar-refractivity contribution < 1.29 is 4.42 Å². The molecular formula is C44H35NO. The minimum atomic E-state index is -0.0965. The molecule has 6 aromatic carbocycles. The zero-order valence-corrected chi connectivity index (χ0v) is 26.7. The third-order valence-electron chi connectivity index (χ3n) is 10.6. The largest absolute Gasteiger partial charge is 0.456 e. The smallest absolute Gasteiger partial charge is 0.137 e. The number of benzene rings is 6. The van der Waals surface area contributed by atoms with Crippen molar-refractivity contribution in [3.8, 4) is 22.3 Å². The average Bonchev–Trinajstić information content (AvgIpc) is 3.64. The average molecular weight is 594 g/mol. The summed E-state index contributed by atoms with van der Waals surface area (Å²) in [6, 6.07) is 44.6. The number of rotatable bonds is 4. The Balaban J connectivity index is 1.26. The van der Waals surface area contributed by atoms with Gasteiger partial charge in [0.15, 0.2) is 0 Å². The van der Waals surface area contributed by atoms with Gasteiger partial charge in [-0.1, -0.05) is 107 Å². The molecule has 7 aromatic rings. The summed E-state index contributed by atoms with van der Waals surface area (Å²) >= 11 is 0. The monoisotopic (exact) mass is 593 g/mol. The van der Waals surface area contributed by atoms with Gasteiger partial charge in [-0.3, -0.25) is 0 Å². The number of nitrogens with zero attached hydrogens (tertiary/aromatic N) is 1. The second kappa shape index (κ2) is 9.34. The fraction of sp³-hybridized carbons (Fsp3) is 0.136. The van der Waals surface area contributed by atoms with Crippen molar-refractivity contribution in [3.63, 3.8) is 0 Å². The maximum atomic E-state index is 6.48. The van der Waals surface area contributed by atoms with Crippen LogP contribution in [-0.4, -0.2) is 0 Å². The van der Waals surface area contributed by atoms with Crippen molar-refractivity contribution in [1.29, 1.82) is 0 Å². The van der Waals surface area contributed by atoms with Gasteiger partial charge in [0.2, 0.25) is 0 Å². The Bertz CT molecular complexity index is 2300. The maximum Gasteiger partial charge on any atom is 0.137 e. The summed E-state index contributed by atoms with van der Waals surface area (Å²) in [4.78, 5) is 2.40. The summed E-state index contributed by atoms with van der Waals surface area (Å²) in [5.41, 5.74) is 16.7. The zero-order valence-electron chi connectivity index (χ0n) is 26.7. The summed E-state index contributed by atoms with van der Waals surface area (Å²) in [6.07, 6.45) is 1.86. The van der Waals surface area contributed by atoms with Gasteiger partial charge in [-0.2, -0.15) is 0 Å². The fourth-order valence-corrected chi connectivity index (χ4v) is 8.16. The number of hydrogen-bond acceptors (Lipinski definition) is 2. The van der Waals surface area contributed by atoms with Crippen molar-refractivity contribution in [3.05, 3.63) is 156 Å². The van der Waals surface area contributed by atoms with Gasteiger partial charge in [-0.05, 0) is 98.6 Å². The van der Waals surface area contributed by atoms with Crippen LogP contribution in [0.4, 0.5) is 17.1 Å². The molecule has 0 atom stereocenters. The van der Waals surface area contributed by atoms with Crippen molar-refractivity contribution in [1.82, 2.24) is 0 Å². The van der Waals surface area contributed by atoms with Gasteiger partial charge in [0.05, 0.1) is 0 Å². The van der Waals surface area contributed by atoms with Crippen molar-refractivity contribution in [2.45, 2.75) is 38.5 Å². The summed E-state index contributed by atoms with van der Waals surface area (Å²) < 4.78 is 6.48. The van der Waals surface area contributed by atoms with Crippen LogP contribution in [0, 0.1) is 0 Å². The fourth-order valence-electron chi connectivity index (χ4n) is 8.16. The molecule has 0 radical (unpaired) electrons. The van der Waals surface area contributed by atoms with Crippen LogP contribution in [0.5, 0.6) is 0 Å². The van der Waals surface area contributed by atoms with E-state index in [9.17, 15) is 0 Å². The second-order valence-corrected chi connectivity index (χ2v) is 13.9. The summed E-state index contributed by atoms with van der Waals surface area (Å²) in [7, 11) is 0.